The predicted octanol–water partition coefficient (Wildman–Crippen LogP) is 4.63. The van der Waals surface area contributed by atoms with Gasteiger partial charge in [0.2, 0.25) is 0 Å². The molecule has 1 aliphatic heterocycles. The molecule has 1 aromatic rings. The van der Waals surface area contributed by atoms with Gasteiger partial charge >= 0.3 is 0 Å². The second-order valence-corrected chi connectivity index (χ2v) is 7.78. The van der Waals surface area contributed by atoms with Crippen molar-refractivity contribution in [2.24, 2.45) is 5.41 Å². The van der Waals surface area contributed by atoms with Gasteiger partial charge in [-0.25, -0.2) is 0 Å². The van der Waals surface area contributed by atoms with Crippen molar-refractivity contribution < 1.29 is 0 Å². The van der Waals surface area contributed by atoms with Crippen LogP contribution < -0.4 is 5.32 Å². The first-order valence-electron chi connectivity index (χ1n) is 6.59. The van der Waals surface area contributed by atoms with Crippen LogP contribution in [0.1, 0.15) is 38.8 Å². The quantitative estimate of drug-likeness (QED) is 0.868. The van der Waals surface area contributed by atoms with Crippen LogP contribution in [0.25, 0.3) is 0 Å². The van der Waals surface area contributed by atoms with Crippen molar-refractivity contribution in [3.8, 4) is 0 Å². The third kappa shape index (κ3) is 3.31. The van der Waals surface area contributed by atoms with Gasteiger partial charge in [0.1, 0.15) is 0 Å². The SMILES string of the molecule is CC(NC1CSCCC1(C)C)c1ccccc1Br. The first-order chi connectivity index (χ1) is 8.50. The van der Waals surface area contributed by atoms with Gasteiger partial charge in [-0.05, 0) is 36.1 Å². The summed E-state index contributed by atoms with van der Waals surface area (Å²) in [5.41, 5.74) is 1.75. The molecule has 0 saturated carbocycles. The maximum atomic E-state index is 3.82. The van der Waals surface area contributed by atoms with Crippen molar-refractivity contribution >= 4 is 27.7 Å². The summed E-state index contributed by atoms with van der Waals surface area (Å²) in [5, 5.41) is 3.82. The Kier molecular flexibility index (Phi) is 4.79. The topological polar surface area (TPSA) is 12.0 Å². The molecule has 2 unspecified atom stereocenters. The van der Waals surface area contributed by atoms with Gasteiger partial charge in [-0.15, -0.1) is 0 Å². The van der Waals surface area contributed by atoms with E-state index in [1.807, 2.05) is 0 Å². The second-order valence-electron chi connectivity index (χ2n) is 5.78. The molecule has 2 atom stereocenters. The lowest BCUT2D eigenvalue weighted by molar-refractivity contribution is 0.232. The monoisotopic (exact) mass is 327 g/mol. The van der Waals surface area contributed by atoms with Gasteiger partial charge in [0.25, 0.3) is 0 Å². The molecule has 0 bridgehead atoms. The van der Waals surface area contributed by atoms with Crippen LogP contribution in [-0.2, 0) is 0 Å². The van der Waals surface area contributed by atoms with Crippen molar-refractivity contribution in [2.45, 2.75) is 39.3 Å². The highest BCUT2D eigenvalue weighted by molar-refractivity contribution is 9.10. The van der Waals surface area contributed by atoms with E-state index >= 15 is 0 Å². The number of rotatable bonds is 3. The van der Waals surface area contributed by atoms with Gasteiger partial charge in [0.05, 0.1) is 0 Å². The van der Waals surface area contributed by atoms with E-state index in [0.717, 1.165) is 0 Å². The van der Waals surface area contributed by atoms with Crippen LogP contribution in [0.15, 0.2) is 28.7 Å². The standard InChI is InChI=1S/C15H22BrNS/c1-11(12-6-4-5-7-13(12)16)17-14-10-18-9-8-15(14,2)3/h4-7,11,14,17H,8-10H2,1-3H3. The molecule has 1 aromatic carbocycles. The Morgan fingerprint density at radius 1 is 1.39 bits per heavy atom. The molecule has 1 N–H and O–H groups in total. The Morgan fingerprint density at radius 3 is 2.78 bits per heavy atom. The maximum Gasteiger partial charge on any atom is 0.0306 e. The van der Waals surface area contributed by atoms with Crippen LogP contribution in [0, 0.1) is 5.41 Å². The van der Waals surface area contributed by atoms with E-state index in [-0.39, 0.29) is 0 Å². The average molecular weight is 328 g/mol. The molecule has 1 saturated heterocycles. The van der Waals surface area contributed by atoms with E-state index in [4.69, 9.17) is 0 Å². The second kappa shape index (κ2) is 5.98. The smallest absolute Gasteiger partial charge is 0.0306 e. The van der Waals surface area contributed by atoms with E-state index in [2.05, 4.69) is 78.0 Å². The number of thioether (sulfide) groups is 1. The van der Waals surface area contributed by atoms with Crippen LogP contribution in [0.5, 0.6) is 0 Å². The van der Waals surface area contributed by atoms with Crippen LogP contribution >= 0.6 is 27.7 Å². The van der Waals surface area contributed by atoms with Crippen LogP contribution in [0.3, 0.4) is 0 Å². The highest BCUT2D eigenvalue weighted by Gasteiger charge is 2.33. The predicted molar refractivity (Wildman–Crippen MR) is 85.2 cm³/mol. The summed E-state index contributed by atoms with van der Waals surface area (Å²) in [6, 6.07) is 9.49. The Balaban J connectivity index is 2.07. The Hall–Kier alpha value is 0.01000. The third-order valence-corrected chi connectivity index (χ3v) is 5.73. The molecule has 1 aliphatic rings. The van der Waals surface area contributed by atoms with Crippen molar-refractivity contribution in [1.29, 1.82) is 0 Å². The summed E-state index contributed by atoms with van der Waals surface area (Å²) in [5.74, 6) is 2.52. The third-order valence-electron chi connectivity index (χ3n) is 3.94. The maximum absolute atomic E-state index is 3.82. The van der Waals surface area contributed by atoms with E-state index in [1.165, 1.54) is 28.0 Å². The molecule has 0 amide bonds. The fourth-order valence-electron chi connectivity index (χ4n) is 2.43. The number of hydrogen-bond acceptors (Lipinski definition) is 2. The summed E-state index contributed by atoms with van der Waals surface area (Å²) in [7, 11) is 0. The highest BCUT2D eigenvalue weighted by atomic mass is 79.9. The number of nitrogens with one attached hydrogen (secondary N) is 1. The summed E-state index contributed by atoms with van der Waals surface area (Å²) >= 11 is 5.72. The molecule has 18 heavy (non-hydrogen) atoms. The average Bonchev–Trinajstić information content (AvgIpc) is 2.32. The van der Waals surface area contributed by atoms with Gasteiger partial charge < -0.3 is 5.32 Å². The lowest BCUT2D eigenvalue weighted by atomic mass is 9.81. The van der Waals surface area contributed by atoms with Crippen molar-refractivity contribution in [2.75, 3.05) is 11.5 Å². The van der Waals surface area contributed by atoms with Crippen LogP contribution in [0.4, 0.5) is 0 Å². The zero-order chi connectivity index (χ0) is 13.2. The molecule has 0 aromatic heterocycles. The van der Waals surface area contributed by atoms with E-state index in [0.29, 0.717) is 17.5 Å². The van der Waals surface area contributed by atoms with E-state index in [9.17, 15) is 0 Å². The van der Waals surface area contributed by atoms with Crippen molar-refractivity contribution in [1.82, 2.24) is 5.32 Å². The van der Waals surface area contributed by atoms with Gasteiger partial charge in [-0.1, -0.05) is 48.0 Å². The normalized spacial score (nSPS) is 24.8. The number of benzene rings is 1. The van der Waals surface area contributed by atoms with Gasteiger partial charge in [0.15, 0.2) is 0 Å². The molecule has 1 heterocycles. The van der Waals surface area contributed by atoms with Crippen molar-refractivity contribution in [3.05, 3.63) is 34.3 Å². The van der Waals surface area contributed by atoms with Crippen LogP contribution in [0.2, 0.25) is 0 Å². The summed E-state index contributed by atoms with van der Waals surface area (Å²) < 4.78 is 1.20. The molecule has 100 valence electrons. The molecule has 0 spiro atoms. The first-order valence-corrected chi connectivity index (χ1v) is 8.54. The molecule has 1 fully saturated rings. The van der Waals surface area contributed by atoms with Crippen molar-refractivity contribution in [3.63, 3.8) is 0 Å². The van der Waals surface area contributed by atoms with Gasteiger partial charge in [-0.2, -0.15) is 11.8 Å². The first kappa shape index (κ1) is 14.4. The summed E-state index contributed by atoms with van der Waals surface area (Å²) in [6.07, 6.45) is 1.30. The Bertz CT molecular complexity index is 405. The Morgan fingerprint density at radius 2 is 2.11 bits per heavy atom. The fourth-order valence-corrected chi connectivity index (χ4v) is 4.68. The van der Waals surface area contributed by atoms with Crippen LogP contribution in [-0.4, -0.2) is 17.5 Å². The molecule has 3 heteroatoms. The number of hydrogen-bond donors (Lipinski definition) is 1. The molecule has 0 aliphatic carbocycles. The molecule has 2 rings (SSSR count). The molecule has 1 nitrogen and oxygen atoms in total. The largest absolute Gasteiger partial charge is 0.306 e. The van der Waals surface area contributed by atoms with E-state index < -0.39 is 0 Å². The zero-order valence-corrected chi connectivity index (χ0v) is 13.8. The molecular formula is C15H22BrNS. The molecular weight excluding hydrogens is 306 g/mol. The molecule has 0 radical (unpaired) electrons. The van der Waals surface area contributed by atoms with Gasteiger partial charge in [0, 0.05) is 22.3 Å². The lowest BCUT2D eigenvalue weighted by Crippen LogP contribution is -2.47. The minimum atomic E-state index is 0.392. The van der Waals surface area contributed by atoms with Gasteiger partial charge in [-0.3, -0.25) is 0 Å². The summed E-state index contributed by atoms with van der Waals surface area (Å²) in [6.45, 7) is 7.03. The number of halogens is 1. The minimum Gasteiger partial charge on any atom is -0.306 e. The minimum absolute atomic E-state index is 0.392. The van der Waals surface area contributed by atoms with E-state index in [1.54, 1.807) is 0 Å². The summed E-state index contributed by atoms with van der Waals surface area (Å²) in [4.78, 5) is 0. The fraction of sp³-hybridized carbons (Fsp3) is 0.600. The lowest BCUT2D eigenvalue weighted by Gasteiger charge is -2.40. The zero-order valence-electron chi connectivity index (χ0n) is 11.4. The highest BCUT2D eigenvalue weighted by Crippen LogP contribution is 2.36. The Labute approximate surface area is 123 Å².